The van der Waals surface area contributed by atoms with Crippen LogP contribution < -0.4 is 0 Å². The molecule has 0 amide bonds. The maximum Gasteiger partial charge on any atom is 0.306 e. The molecule has 1 unspecified atom stereocenters. The fraction of sp³-hybridized carbons (Fsp3) is 0.667. The summed E-state index contributed by atoms with van der Waals surface area (Å²) in [5, 5.41) is 9.13. The first-order chi connectivity index (χ1) is 8.25. The number of fused-ring (bicyclic) bond motifs is 1. The Hall–Kier alpha value is -1.05. The van der Waals surface area contributed by atoms with Crippen LogP contribution in [-0.2, 0) is 4.79 Å². The average molecular weight is 232 g/mol. The van der Waals surface area contributed by atoms with Crippen LogP contribution >= 0.6 is 0 Å². The van der Waals surface area contributed by atoms with Gasteiger partial charge >= 0.3 is 5.97 Å². The number of hydrogen-bond acceptors (Lipinski definition) is 1. The van der Waals surface area contributed by atoms with Crippen LogP contribution in [0.15, 0.2) is 22.3 Å². The van der Waals surface area contributed by atoms with E-state index in [1.807, 2.05) is 0 Å². The van der Waals surface area contributed by atoms with E-state index < -0.39 is 5.97 Å². The van der Waals surface area contributed by atoms with Crippen molar-refractivity contribution in [2.24, 2.45) is 5.92 Å². The Morgan fingerprint density at radius 1 is 0.941 bits per heavy atom. The molecule has 2 nitrogen and oxygen atoms in total. The first-order valence-electron chi connectivity index (χ1n) is 6.90. The van der Waals surface area contributed by atoms with Crippen molar-refractivity contribution in [1.29, 1.82) is 0 Å². The average Bonchev–Trinajstić information content (AvgIpc) is 2.38. The van der Waals surface area contributed by atoms with E-state index in [0.29, 0.717) is 0 Å². The van der Waals surface area contributed by atoms with Gasteiger partial charge in [0.1, 0.15) is 0 Å². The molecule has 0 saturated carbocycles. The summed E-state index contributed by atoms with van der Waals surface area (Å²) in [6.45, 7) is 0. The van der Waals surface area contributed by atoms with Crippen LogP contribution in [0.3, 0.4) is 0 Å². The third-order valence-electron chi connectivity index (χ3n) is 4.69. The smallest absolute Gasteiger partial charge is 0.306 e. The van der Waals surface area contributed by atoms with Crippen molar-refractivity contribution in [2.45, 2.75) is 57.8 Å². The van der Waals surface area contributed by atoms with Crippen LogP contribution in [0.25, 0.3) is 0 Å². The van der Waals surface area contributed by atoms with Gasteiger partial charge < -0.3 is 5.11 Å². The highest BCUT2D eigenvalue weighted by molar-refractivity contribution is 5.71. The molecular formula is C15H20O2. The predicted molar refractivity (Wildman–Crippen MR) is 66.7 cm³/mol. The molecule has 3 rings (SSSR count). The third-order valence-corrected chi connectivity index (χ3v) is 4.69. The van der Waals surface area contributed by atoms with Crippen LogP contribution in [0.1, 0.15) is 57.8 Å². The lowest BCUT2D eigenvalue weighted by Gasteiger charge is -2.34. The third kappa shape index (κ3) is 1.94. The topological polar surface area (TPSA) is 37.3 Å². The van der Waals surface area contributed by atoms with Crippen molar-refractivity contribution >= 4 is 5.97 Å². The number of rotatable bonds is 1. The van der Waals surface area contributed by atoms with Crippen LogP contribution in [0.5, 0.6) is 0 Å². The number of aliphatic carboxylic acids is 1. The molecule has 0 aromatic rings. The first kappa shape index (κ1) is 11.1. The van der Waals surface area contributed by atoms with Crippen molar-refractivity contribution < 1.29 is 9.90 Å². The van der Waals surface area contributed by atoms with Crippen molar-refractivity contribution in [1.82, 2.24) is 0 Å². The van der Waals surface area contributed by atoms with Gasteiger partial charge in [-0.2, -0.15) is 0 Å². The van der Waals surface area contributed by atoms with E-state index in [0.717, 1.165) is 25.7 Å². The monoisotopic (exact) mass is 232 g/mol. The summed E-state index contributed by atoms with van der Waals surface area (Å²) in [6, 6.07) is 0. The summed E-state index contributed by atoms with van der Waals surface area (Å²) in [6.07, 6.45) is 10.3. The van der Waals surface area contributed by atoms with E-state index in [1.165, 1.54) is 37.7 Å². The normalized spacial score (nSPS) is 28.8. The highest BCUT2D eigenvalue weighted by Gasteiger charge is 2.31. The lowest BCUT2D eigenvalue weighted by Crippen LogP contribution is -2.22. The minimum absolute atomic E-state index is 0.112. The molecule has 0 saturated heterocycles. The van der Waals surface area contributed by atoms with Gasteiger partial charge in [0.25, 0.3) is 0 Å². The van der Waals surface area contributed by atoms with Gasteiger partial charge in [-0.3, -0.25) is 4.79 Å². The summed E-state index contributed by atoms with van der Waals surface area (Å²) in [5.74, 6) is -0.709. The highest BCUT2D eigenvalue weighted by Crippen LogP contribution is 2.45. The van der Waals surface area contributed by atoms with Crippen molar-refractivity contribution in [3.8, 4) is 0 Å². The van der Waals surface area contributed by atoms with Crippen LogP contribution in [-0.4, -0.2) is 11.1 Å². The molecule has 92 valence electrons. The Morgan fingerprint density at radius 3 is 2.47 bits per heavy atom. The summed E-state index contributed by atoms with van der Waals surface area (Å²) >= 11 is 0. The maximum absolute atomic E-state index is 11.1. The molecule has 0 aliphatic heterocycles. The maximum atomic E-state index is 11.1. The summed E-state index contributed by atoms with van der Waals surface area (Å²) < 4.78 is 0. The fourth-order valence-corrected chi connectivity index (χ4v) is 3.76. The van der Waals surface area contributed by atoms with E-state index >= 15 is 0 Å². The van der Waals surface area contributed by atoms with Gasteiger partial charge in [-0.15, -0.1) is 0 Å². The van der Waals surface area contributed by atoms with Crippen LogP contribution in [0, 0.1) is 5.92 Å². The van der Waals surface area contributed by atoms with Crippen LogP contribution in [0.4, 0.5) is 0 Å². The minimum atomic E-state index is -0.597. The molecule has 0 radical (unpaired) electrons. The predicted octanol–water partition coefficient (Wildman–Crippen LogP) is 3.83. The molecule has 0 heterocycles. The largest absolute Gasteiger partial charge is 0.481 e. The highest BCUT2D eigenvalue weighted by atomic mass is 16.4. The van der Waals surface area contributed by atoms with E-state index in [-0.39, 0.29) is 5.92 Å². The van der Waals surface area contributed by atoms with Crippen molar-refractivity contribution in [3.05, 3.63) is 22.3 Å². The zero-order valence-electron chi connectivity index (χ0n) is 10.3. The molecule has 17 heavy (non-hydrogen) atoms. The number of allylic oxidation sites excluding steroid dienone is 4. The minimum Gasteiger partial charge on any atom is -0.481 e. The molecule has 3 aliphatic rings. The van der Waals surface area contributed by atoms with E-state index in [2.05, 4.69) is 0 Å². The van der Waals surface area contributed by atoms with Crippen molar-refractivity contribution in [2.75, 3.05) is 0 Å². The molecule has 0 aromatic carbocycles. The zero-order chi connectivity index (χ0) is 11.8. The van der Waals surface area contributed by atoms with E-state index in [1.54, 1.807) is 16.7 Å². The van der Waals surface area contributed by atoms with Gasteiger partial charge in [0.15, 0.2) is 0 Å². The van der Waals surface area contributed by atoms with Gasteiger partial charge in [0.2, 0.25) is 0 Å². The second kappa shape index (κ2) is 4.32. The zero-order valence-corrected chi connectivity index (χ0v) is 10.3. The number of carboxylic acids is 1. The second-order valence-electron chi connectivity index (χ2n) is 5.65. The molecule has 2 heteroatoms. The molecule has 1 atom stereocenters. The lowest BCUT2D eigenvalue weighted by molar-refractivity contribution is -0.142. The van der Waals surface area contributed by atoms with Gasteiger partial charge in [-0.05, 0) is 68.9 Å². The van der Waals surface area contributed by atoms with Gasteiger partial charge in [-0.25, -0.2) is 0 Å². The Labute approximate surface area is 102 Å². The van der Waals surface area contributed by atoms with E-state index in [9.17, 15) is 4.79 Å². The summed E-state index contributed by atoms with van der Waals surface area (Å²) in [7, 11) is 0. The molecule has 1 N–H and O–H groups in total. The van der Waals surface area contributed by atoms with Crippen LogP contribution in [0.2, 0.25) is 0 Å². The number of carbonyl (C=O) groups is 1. The van der Waals surface area contributed by atoms with E-state index in [4.69, 9.17) is 5.11 Å². The Balaban J connectivity index is 1.89. The van der Waals surface area contributed by atoms with Gasteiger partial charge in [-0.1, -0.05) is 11.1 Å². The Morgan fingerprint density at radius 2 is 1.65 bits per heavy atom. The molecule has 0 fully saturated rings. The molecule has 0 aromatic heterocycles. The number of hydrogen-bond donors (Lipinski definition) is 1. The summed E-state index contributed by atoms with van der Waals surface area (Å²) in [4.78, 5) is 11.1. The molecule has 0 bridgehead atoms. The quantitative estimate of drug-likeness (QED) is 0.746. The lowest BCUT2D eigenvalue weighted by atomic mass is 9.71. The fourth-order valence-electron chi connectivity index (χ4n) is 3.76. The molecule has 0 spiro atoms. The Kier molecular flexibility index (Phi) is 2.81. The molecule has 3 aliphatic carbocycles. The van der Waals surface area contributed by atoms with Gasteiger partial charge in [0.05, 0.1) is 5.92 Å². The molecular weight excluding hydrogens is 212 g/mol. The first-order valence-corrected chi connectivity index (χ1v) is 6.90. The van der Waals surface area contributed by atoms with Crippen molar-refractivity contribution in [3.63, 3.8) is 0 Å². The Bertz CT molecular complexity index is 415. The second-order valence-corrected chi connectivity index (χ2v) is 5.65. The van der Waals surface area contributed by atoms with Gasteiger partial charge in [0, 0.05) is 0 Å². The SMILES string of the molecule is O=C(O)C1CCC2=C(CCC3=C2CCCC3)C1. The summed E-state index contributed by atoms with van der Waals surface area (Å²) in [5.41, 5.74) is 6.39. The number of carboxylic acid groups (broad SMARTS) is 1. The standard InChI is InChI=1S/C15H20O2/c16-15(17)12-7-8-14-11(9-12)6-5-10-3-1-2-4-13(10)14/h12H,1-9H2,(H,16,17).